The van der Waals surface area contributed by atoms with Crippen LogP contribution in [0.15, 0.2) is 6.07 Å². The van der Waals surface area contributed by atoms with E-state index >= 15 is 0 Å². The van der Waals surface area contributed by atoms with Crippen LogP contribution in [0.3, 0.4) is 0 Å². The van der Waals surface area contributed by atoms with Crippen LogP contribution in [0.2, 0.25) is 0 Å². The van der Waals surface area contributed by atoms with Gasteiger partial charge in [0.05, 0.1) is 0 Å². The number of aryl methyl sites for hydroxylation is 2. The van der Waals surface area contributed by atoms with Crippen LogP contribution < -0.4 is 0 Å². The molecular weight excluding hydrogens is 223 g/mol. The van der Waals surface area contributed by atoms with Crippen molar-refractivity contribution in [2.75, 3.05) is 0 Å². The van der Waals surface area contributed by atoms with Gasteiger partial charge in [0.15, 0.2) is 0 Å². The summed E-state index contributed by atoms with van der Waals surface area (Å²) in [6.07, 6.45) is 4.35. The Kier molecular flexibility index (Phi) is 2.62. The summed E-state index contributed by atoms with van der Waals surface area (Å²) < 4.78 is 33.3. The Bertz CT molecular complexity index is 410. The van der Waals surface area contributed by atoms with E-state index in [2.05, 4.69) is 0 Å². The molecule has 0 saturated heterocycles. The van der Waals surface area contributed by atoms with Crippen LogP contribution in [0.1, 0.15) is 28.2 Å². The molecule has 1 aromatic rings. The van der Waals surface area contributed by atoms with Gasteiger partial charge in [-0.25, -0.2) is 0 Å². The van der Waals surface area contributed by atoms with E-state index < -0.39 is 16.0 Å². The Morgan fingerprint density at radius 1 is 1.36 bits per heavy atom. The van der Waals surface area contributed by atoms with Gasteiger partial charge < -0.3 is 0 Å². The topological polar surface area (TPSA) is 34.1 Å². The Hall–Kier alpha value is -0.420. The Labute approximate surface area is 87.0 Å². The van der Waals surface area contributed by atoms with Crippen LogP contribution in [-0.2, 0) is 28.8 Å². The molecule has 0 N–H and O–H groups in total. The van der Waals surface area contributed by atoms with Crippen molar-refractivity contribution in [2.24, 2.45) is 0 Å². The van der Waals surface area contributed by atoms with Crippen molar-refractivity contribution >= 4 is 21.6 Å². The second-order valence-electron chi connectivity index (χ2n) is 3.55. The highest BCUT2D eigenvalue weighted by Gasteiger charge is 2.16. The molecule has 14 heavy (non-hydrogen) atoms. The molecule has 2 nitrogen and oxygen atoms in total. The molecular formula is C9H11FO2S2. The third kappa shape index (κ3) is 2.33. The first-order valence-electron chi connectivity index (χ1n) is 4.57. The fourth-order valence-electron chi connectivity index (χ4n) is 1.79. The zero-order chi connectivity index (χ0) is 10.2. The van der Waals surface area contributed by atoms with E-state index in [0.29, 0.717) is 4.88 Å². The first kappa shape index (κ1) is 10.1. The highest BCUT2D eigenvalue weighted by Crippen LogP contribution is 2.30. The second kappa shape index (κ2) is 3.62. The summed E-state index contributed by atoms with van der Waals surface area (Å²) in [5, 5.41) is 0. The van der Waals surface area contributed by atoms with Crippen molar-refractivity contribution in [3.8, 4) is 0 Å². The third-order valence-corrected chi connectivity index (χ3v) is 4.44. The van der Waals surface area contributed by atoms with Crippen LogP contribution in [0.5, 0.6) is 0 Å². The van der Waals surface area contributed by atoms with E-state index in [4.69, 9.17) is 0 Å². The van der Waals surface area contributed by atoms with Crippen molar-refractivity contribution in [3.63, 3.8) is 0 Å². The maximum Gasteiger partial charge on any atom is 0.307 e. The summed E-state index contributed by atoms with van der Waals surface area (Å²) in [7, 11) is -4.37. The molecule has 1 aromatic heterocycles. The minimum atomic E-state index is -4.37. The molecule has 0 fully saturated rings. The van der Waals surface area contributed by atoms with Crippen molar-refractivity contribution in [1.82, 2.24) is 0 Å². The molecule has 2 rings (SSSR count). The van der Waals surface area contributed by atoms with Gasteiger partial charge in [0.1, 0.15) is 5.75 Å². The Morgan fingerprint density at radius 2 is 2.07 bits per heavy atom. The molecule has 0 radical (unpaired) electrons. The normalized spacial score (nSPS) is 16.6. The zero-order valence-corrected chi connectivity index (χ0v) is 9.26. The van der Waals surface area contributed by atoms with Gasteiger partial charge >= 0.3 is 10.2 Å². The second-order valence-corrected chi connectivity index (χ2v) is 6.14. The maximum atomic E-state index is 12.4. The summed E-state index contributed by atoms with van der Waals surface area (Å²) >= 11 is 1.44. The molecule has 0 unspecified atom stereocenters. The summed E-state index contributed by atoms with van der Waals surface area (Å²) in [5.41, 5.74) is 1.22. The van der Waals surface area contributed by atoms with Gasteiger partial charge in [0, 0.05) is 9.75 Å². The fraction of sp³-hybridized carbons (Fsp3) is 0.556. The van der Waals surface area contributed by atoms with Gasteiger partial charge in [-0.2, -0.15) is 8.42 Å². The number of hydrogen-bond donors (Lipinski definition) is 0. The van der Waals surface area contributed by atoms with Gasteiger partial charge in [0.2, 0.25) is 0 Å². The number of rotatable bonds is 2. The maximum absolute atomic E-state index is 12.4. The van der Waals surface area contributed by atoms with Crippen LogP contribution in [0.4, 0.5) is 3.89 Å². The van der Waals surface area contributed by atoms with E-state index in [0.717, 1.165) is 25.7 Å². The van der Waals surface area contributed by atoms with E-state index in [-0.39, 0.29) is 0 Å². The lowest BCUT2D eigenvalue weighted by molar-refractivity contribution is 0.551. The van der Waals surface area contributed by atoms with E-state index in [1.807, 2.05) is 6.07 Å². The first-order chi connectivity index (χ1) is 6.54. The Balaban J connectivity index is 2.24. The molecule has 1 heterocycles. The molecule has 0 aromatic carbocycles. The quantitative estimate of drug-likeness (QED) is 0.736. The smallest absolute Gasteiger partial charge is 0.194 e. The van der Waals surface area contributed by atoms with Gasteiger partial charge in [-0.1, -0.05) is 0 Å². The van der Waals surface area contributed by atoms with Gasteiger partial charge in [0.25, 0.3) is 0 Å². The van der Waals surface area contributed by atoms with Crippen molar-refractivity contribution < 1.29 is 12.3 Å². The molecule has 1 aliphatic carbocycles. The lowest BCUT2D eigenvalue weighted by atomic mass is 9.99. The van der Waals surface area contributed by atoms with E-state index in [1.54, 1.807) is 0 Å². The summed E-state index contributed by atoms with van der Waals surface area (Å²) in [5.74, 6) is -0.454. The molecule has 0 bridgehead atoms. The zero-order valence-electron chi connectivity index (χ0n) is 7.62. The van der Waals surface area contributed by atoms with Gasteiger partial charge in [-0.05, 0) is 37.3 Å². The number of hydrogen-bond acceptors (Lipinski definition) is 3. The molecule has 5 heteroatoms. The van der Waals surface area contributed by atoms with E-state index in [9.17, 15) is 12.3 Å². The minimum Gasteiger partial charge on any atom is -0.194 e. The van der Waals surface area contributed by atoms with Gasteiger partial charge in [-0.15, -0.1) is 15.2 Å². The highest BCUT2D eigenvalue weighted by atomic mass is 32.3. The van der Waals surface area contributed by atoms with Crippen molar-refractivity contribution in [2.45, 2.75) is 31.4 Å². The molecule has 0 saturated carbocycles. The average Bonchev–Trinajstić information content (AvgIpc) is 2.42. The van der Waals surface area contributed by atoms with Crippen LogP contribution in [0, 0.1) is 0 Å². The van der Waals surface area contributed by atoms with Crippen LogP contribution in [-0.4, -0.2) is 8.42 Å². The molecule has 78 valence electrons. The summed E-state index contributed by atoms with van der Waals surface area (Å²) in [6.45, 7) is 0. The monoisotopic (exact) mass is 234 g/mol. The number of halogens is 1. The summed E-state index contributed by atoms with van der Waals surface area (Å²) in [6, 6.07) is 1.84. The standard InChI is InChI=1S/C9H11FO2S2/c10-14(11,12)6-8-5-7-3-1-2-4-9(7)13-8/h5H,1-4,6H2. The first-order valence-corrected chi connectivity index (χ1v) is 6.94. The molecule has 0 amide bonds. The number of thiophene rings is 1. The lowest BCUT2D eigenvalue weighted by Gasteiger charge is -2.08. The lowest BCUT2D eigenvalue weighted by Crippen LogP contribution is -1.96. The molecule has 0 aliphatic heterocycles. The highest BCUT2D eigenvalue weighted by molar-refractivity contribution is 7.85. The largest absolute Gasteiger partial charge is 0.307 e. The van der Waals surface area contributed by atoms with E-state index in [1.165, 1.54) is 21.8 Å². The van der Waals surface area contributed by atoms with Gasteiger partial charge in [-0.3, -0.25) is 0 Å². The van der Waals surface area contributed by atoms with Crippen LogP contribution in [0.25, 0.3) is 0 Å². The van der Waals surface area contributed by atoms with Crippen molar-refractivity contribution in [3.05, 3.63) is 21.4 Å². The van der Waals surface area contributed by atoms with Crippen LogP contribution >= 0.6 is 11.3 Å². The minimum absolute atomic E-state index is 0.454. The SMILES string of the molecule is O=S(=O)(F)Cc1cc2c(s1)CCCC2. The molecule has 0 atom stereocenters. The average molecular weight is 234 g/mol. The number of fused-ring (bicyclic) bond motifs is 1. The predicted octanol–water partition coefficient (Wildman–Crippen LogP) is 2.43. The molecule has 0 spiro atoms. The molecule has 1 aliphatic rings. The fourth-order valence-corrected chi connectivity index (χ4v) is 3.93. The predicted molar refractivity (Wildman–Crippen MR) is 54.7 cm³/mol. The Morgan fingerprint density at radius 3 is 2.71 bits per heavy atom. The van der Waals surface area contributed by atoms with Crippen molar-refractivity contribution in [1.29, 1.82) is 0 Å². The third-order valence-electron chi connectivity index (χ3n) is 2.36. The summed E-state index contributed by atoms with van der Waals surface area (Å²) in [4.78, 5) is 1.88.